The average Bonchev–Trinajstić information content (AvgIpc) is 2.78. The Morgan fingerprint density at radius 3 is 3.00 bits per heavy atom. The highest BCUT2D eigenvalue weighted by atomic mass is 32.2. The highest BCUT2D eigenvalue weighted by Gasteiger charge is 2.11. The van der Waals surface area contributed by atoms with Crippen molar-refractivity contribution in [1.29, 1.82) is 0 Å². The van der Waals surface area contributed by atoms with Crippen molar-refractivity contribution in [2.45, 2.75) is 5.16 Å². The lowest BCUT2D eigenvalue weighted by molar-refractivity contribution is 0.415. The molecule has 0 N–H and O–H groups in total. The standard InChI is InChI=1S/C13H15N3OS/c1-4-8-18-13-15-14-12(16(13)2)10-6-5-7-11(9-10)17-3/h4-7,9H,1,8H2,2-3H3. The van der Waals surface area contributed by atoms with E-state index in [-0.39, 0.29) is 0 Å². The van der Waals surface area contributed by atoms with Gasteiger partial charge in [0.1, 0.15) is 5.75 Å². The van der Waals surface area contributed by atoms with Crippen LogP contribution in [0.3, 0.4) is 0 Å². The van der Waals surface area contributed by atoms with E-state index in [0.29, 0.717) is 0 Å². The maximum absolute atomic E-state index is 5.21. The number of aromatic nitrogens is 3. The number of methoxy groups -OCH3 is 1. The molecular weight excluding hydrogens is 246 g/mol. The van der Waals surface area contributed by atoms with Crippen LogP contribution in [0.2, 0.25) is 0 Å². The van der Waals surface area contributed by atoms with Gasteiger partial charge < -0.3 is 9.30 Å². The molecule has 0 unspecified atom stereocenters. The molecule has 0 aliphatic carbocycles. The van der Waals surface area contributed by atoms with Gasteiger partial charge in [-0.05, 0) is 12.1 Å². The summed E-state index contributed by atoms with van der Waals surface area (Å²) >= 11 is 1.61. The Bertz CT molecular complexity index is 551. The van der Waals surface area contributed by atoms with Crippen molar-refractivity contribution in [3.63, 3.8) is 0 Å². The lowest BCUT2D eigenvalue weighted by atomic mass is 10.2. The summed E-state index contributed by atoms with van der Waals surface area (Å²) in [4.78, 5) is 0. The minimum atomic E-state index is 0.816. The molecule has 0 amide bonds. The Balaban J connectivity index is 2.32. The second-order valence-corrected chi connectivity index (χ2v) is 4.68. The van der Waals surface area contributed by atoms with E-state index in [1.807, 2.05) is 42.0 Å². The number of thioether (sulfide) groups is 1. The molecule has 2 aromatic rings. The summed E-state index contributed by atoms with van der Waals surface area (Å²) in [6.07, 6.45) is 1.85. The summed E-state index contributed by atoms with van der Waals surface area (Å²) in [5.41, 5.74) is 0.995. The Morgan fingerprint density at radius 1 is 1.44 bits per heavy atom. The van der Waals surface area contributed by atoms with E-state index in [1.54, 1.807) is 18.9 Å². The zero-order valence-corrected chi connectivity index (χ0v) is 11.3. The van der Waals surface area contributed by atoms with Gasteiger partial charge in [-0.15, -0.1) is 16.8 Å². The summed E-state index contributed by atoms with van der Waals surface area (Å²) in [5.74, 6) is 2.47. The summed E-state index contributed by atoms with van der Waals surface area (Å²) in [7, 11) is 3.61. The van der Waals surface area contributed by atoms with Gasteiger partial charge in [0.05, 0.1) is 7.11 Å². The SMILES string of the molecule is C=CCSc1nnc(-c2cccc(OC)c2)n1C. The van der Waals surface area contributed by atoms with Crippen LogP contribution in [-0.2, 0) is 7.05 Å². The first kappa shape index (κ1) is 12.7. The van der Waals surface area contributed by atoms with E-state index >= 15 is 0 Å². The van der Waals surface area contributed by atoms with Crippen molar-refractivity contribution >= 4 is 11.8 Å². The third kappa shape index (κ3) is 2.56. The third-order valence-corrected chi connectivity index (χ3v) is 3.51. The normalized spacial score (nSPS) is 10.3. The fourth-order valence-corrected chi connectivity index (χ4v) is 2.23. The predicted molar refractivity (Wildman–Crippen MR) is 73.9 cm³/mol. The molecule has 4 nitrogen and oxygen atoms in total. The second-order valence-electron chi connectivity index (χ2n) is 3.70. The first-order chi connectivity index (χ1) is 8.76. The molecule has 0 spiro atoms. The number of nitrogens with zero attached hydrogens (tertiary/aromatic N) is 3. The van der Waals surface area contributed by atoms with Crippen LogP contribution in [0.4, 0.5) is 0 Å². The van der Waals surface area contributed by atoms with Crippen LogP contribution in [0.25, 0.3) is 11.4 Å². The summed E-state index contributed by atoms with van der Waals surface area (Å²) in [6, 6.07) is 7.80. The topological polar surface area (TPSA) is 39.9 Å². The van der Waals surface area contributed by atoms with Crippen LogP contribution in [0, 0.1) is 0 Å². The van der Waals surface area contributed by atoms with Crippen molar-refractivity contribution in [2.75, 3.05) is 12.9 Å². The van der Waals surface area contributed by atoms with Gasteiger partial charge in [-0.2, -0.15) is 0 Å². The summed E-state index contributed by atoms with van der Waals surface area (Å²) < 4.78 is 7.19. The molecule has 1 aromatic heterocycles. The molecule has 5 heteroatoms. The summed E-state index contributed by atoms with van der Waals surface area (Å²) in [6.45, 7) is 3.70. The van der Waals surface area contributed by atoms with Gasteiger partial charge in [-0.1, -0.05) is 30.0 Å². The van der Waals surface area contributed by atoms with Crippen LogP contribution in [-0.4, -0.2) is 27.6 Å². The van der Waals surface area contributed by atoms with Gasteiger partial charge >= 0.3 is 0 Å². The molecule has 0 saturated carbocycles. The van der Waals surface area contributed by atoms with E-state index in [9.17, 15) is 0 Å². The maximum Gasteiger partial charge on any atom is 0.191 e. The third-order valence-electron chi connectivity index (χ3n) is 2.49. The number of ether oxygens (including phenoxy) is 1. The molecule has 0 bridgehead atoms. The van der Waals surface area contributed by atoms with Gasteiger partial charge in [0.25, 0.3) is 0 Å². The molecule has 94 valence electrons. The largest absolute Gasteiger partial charge is 0.497 e. The lowest BCUT2D eigenvalue weighted by Crippen LogP contribution is -1.95. The molecule has 0 saturated heterocycles. The summed E-state index contributed by atoms with van der Waals surface area (Å²) in [5, 5.41) is 9.27. The zero-order valence-electron chi connectivity index (χ0n) is 10.5. The van der Waals surface area contributed by atoms with E-state index < -0.39 is 0 Å². The average molecular weight is 261 g/mol. The molecule has 0 atom stereocenters. The van der Waals surface area contributed by atoms with Crippen molar-refractivity contribution < 1.29 is 4.74 Å². The van der Waals surface area contributed by atoms with Gasteiger partial charge in [0.2, 0.25) is 0 Å². The zero-order chi connectivity index (χ0) is 13.0. The number of benzene rings is 1. The van der Waals surface area contributed by atoms with Gasteiger partial charge in [-0.25, -0.2) is 0 Å². The van der Waals surface area contributed by atoms with Crippen LogP contribution >= 0.6 is 11.8 Å². The lowest BCUT2D eigenvalue weighted by Gasteiger charge is -2.04. The second kappa shape index (κ2) is 5.73. The highest BCUT2D eigenvalue weighted by Crippen LogP contribution is 2.25. The van der Waals surface area contributed by atoms with Crippen molar-refractivity contribution in [3.05, 3.63) is 36.9 Å². The monoisotopic (exact) mass is 261 g/mol. The minimum absolute atomic E-state index is 0.816. The highest BCUT2D eigenvalue weighted by molar-refractivity contribution is 7.99. The Kier molecular flexibility index (Phi) is 4.04. The first-order valence-electron chi connectivity index (χ1n) is 5.53. The fraction of sp³-hybridized carbons (Fsp3) is 0.231. The Labute approximate surface area is 111 Å². The number of hydrogen-bond donors (Lipinski definition) is 0. The van der Waals surface area contributed by atoms with Crippen molar-refractivity contribution in [3.8, 4) is 17.1 Å². The molecule has 0 fully saturated rings. The van der Waals surface area contributed by atoms with E-state index in [0.717, 1.165) is 28.0 Å². The molecule has 0 aliphatic rings. The van der Waals surface area contributed by atoms with Gasteiger partial charge in [0.15, 0.2) is 11.0 Å². The van der Waals surface area contributed by atoms with Crippen molar-refractivity contribution in [1.82, 2.24) is 14.8 Å². The number of rotatable bonds is 5. The Morgan fingerprint density at radius 2 is 2.28 bits per heavy atom. The van der Waals surface area contributed by atoms with E-state index in [1.165, 1.54) is 0 Å². The molecular formula is C13H15N3OS. The predicted octanol–water partition coefficient (Wildman–Crippen LogP) is 2.77. The molecule has 0 radical (unpaired) electrons. The van der Waals surface area contributed by atoms with E-state index in [4.69, 9.17) is 4.74 Å². The van der Waals surface area contributed by atoms with Crippen LogP contribution in [0.15, 0.2) is 42.1 Å². The van der Waals surface area contributed by atoms with Gasteiger partial charge in [0, 0.05) is 18.4 Å². The molecule has 1 heterocycles. The fourth-order valence-electron chi connectivity index (χ4n) is 1.59. The molecule has 2 rings (SSSR count). The minimum Gasteiger partial charge on any atom is -0.497 e. The van der Waals surface area contributed by atoms with Crippen LogP contribution in [0.1, 0.15) is 0 Å². The van der Waals surface area contributed by atoms with E-state index in [2.05, 4.69) is 16.8 Å². The molecule has 0 aliphatic heterocycles. The molecule has 1 aromatic carbocycles. The Hall–Kier alpha value is -1.75. The smallest absolute Gasteiger partial charge is 0.191 e. The molecule has 18 heavy (non-hydrogen) atoms. The van der Waals surface area contributed by atoms with Crippen LogP contribution < -0.4 is 4.74 Å². The first-order valence-corrected chi connectivity index (χ1v) is 6.52. The van der Waals surface area contributed by atoms with Gasteiger partial charge in [-0.3, -0.25) is 0 Å². The number of hydrogen-bond acceptors (Lipinski definition) is 4. The van der Waals surface area contributed by atoms with Crippen molar-refractivity contribution in [2.24, 2.45) is 7.05 Å². The maximum atomic E-state index is 5.21. The quantitative estimate of drug-likeness (QED) is 0.613. The van der Waals surface area contributed by atoms with Crippen LogP contribution in [0.5, 0.6) is 5.75 Å².